The number of hydrogen-bond acceptors (Lipinski definition) is 1. The third kappa shape index (κ3) is 3.56. The average molecular weight is 288 g/mol. The minimum atomic E-state index is -0.130. The SMILES string of the molecule is CC(C)N(Cc1cc(Br)ccc1F)C(C)C. The van der Waals surface area contributed by atoms with Crippen LogP contribution in [0.1, 0.15) is 33.3 Å². The lowest BCUT2D eigenvalue weighted by Crippen LogP contribution is -2.36. The van der Waals surface area contributed by atoms with Crippen LogP contribution in [0.25, 0.3) is 0 Å². The number of hydrogen-bond donors (Lipinski definition) is 0. The van der Waals surface area contributed by atoms with Gasteiger partial charge in [0.1, 0.15) is 5.82 Å². The normalized spacial score (nSPS) is 11.8. The van der Waals surface area contributed by atoms with Gasteiger partial charge in [-0.25, -0.2) is 4.39 Å². The smallest absolute Gasteiger partial charge is 0.127 e. The van der Waals surface area contributed by atoms with E-state index in [-0.39, 0.29) is 5.82 Å². The first-order valence-electron chi connectivity index (χ1n) is 5.61. The van der Waals surface area contributed by atoms with Crippen molar-refractivity contribution < 1.29 is 4.39 Å². The van der Waals surface area contributed by atoms with Crippen LogP contribution in [0.2, 0.25) is 0 Å². The monoisotopic (exact) mass is 287 g/mol. The molecule has 0 aliphatic carbocycles. The first-order valence-corrected chi connectivity index (χ1v) is 6.40. The summed E-state index contributed by atoms with van der Waals surface area (Å²) < 4.78 is 14.5. The minimum absolute atomic E-state index is 0.130. The Hall–Kier alpha value is -0.410. The average Bonchev–Trinajstić information content (AvgIpc) is 2.18. The molecule has 0 aromatic heterocycles. The van der Waals surface area contributed by atoms with Crippen LogP contribution in [-0.4, -0.2) is 17.0 Å². The fourth-order valence-corrected chi connectivity index (χ4v) is 2.23. The largest absolute Gasteiger partial charge is 0.294 e. The van der Waals surface area contributed by atoms with Crippen LogP contribution >= 0.6 is 15.9 Å². The molecule has 16 heavy (non-hydrogen) atoms. The van der Waals surface area contributed by atoms with Gasteiger partial charge < -0.3 is 0 Å². The Bertz CT molecular complexity index is 342. The number of benzene rings is 1. The van der Waals surface area contributed by atoms with Gasteiger partial charge in [0.05, 0.1) is 0 Å². The van der Waals surface area contributed by atoms with E-state index in [0.29, 0.717) is 18.6 Å². The van der Waals surface area contributed by atoms with E-state index >= 15 is 0 Å². The molecule has 0 saturated carbocycles. The summed E-state index contributed by atoms with van der Waals surface area (Å²) in [5.41, 5.74) is 0.747. The number of rotatable bonds is 4. The molecule has 1 aromatic rings. The van der Waals surface area contributed by atoms with Crippen molar-refractivity contribution in [3.05, 3.63) is 34.1 Å². The molecule has 0 heterocycles. The molecule has 0 aliphatic rings. The predicted molar refractivity (Wildman–Crippen MR) is 69.9 cm³/mol. The standard InChI is InChI=1S/C13H19BrFN/c1-9(2)16(10(3)4)8-11-7-12(14)5-6-13(11)15/h5-7,9-10H,8H2,1-4H3. The highest BCUT2D eigenvalue weighted by molar-refractivity contribution is 9.10. The fourth-order valence-electron chi connectivity index (χ4n) is 1.82. The van der Waals surface area contributed by atoms with E-state index in [4.69, 9.17) is 0 Å². The Morgan fingerprint density at radius 2 is 1.75 bits per heavy atom. The van der Waals surface area contributed by atoms with Gasteiger partial charge in [-0.05, 0) is 45.9 Å². The molecule has 0 aliphatic heterocycles. The molecule has 0 spiro atoms. The maximum absolute atomic E-state index is 13.6. The fraction of sp³-hybridized carbons (Fsp3) is 0.538. The van der Waals surface area contributed by atoms with Crippen LogP contribution in [0.5, 0.6) is 0 Å². The second kappa shape index (κ2) is 5.78. The molecule has 1 rings (SSSR count). The van der Waals surface area contributed by atoms with Gasteiger partial charge in [0.2, 0.25) is 0 Å². The summed E-state index contributed by atoms with van der Waals surface area (Å²) in [6, 6.07) is 5.93. The van der Waals surface area contributed by atoms with Crippen molar-refractivity contribution in [3.8, 4) is 0 Å². The molecule has 90 valence electrons. The quantitative estimate of drug-likeness (QED) is 0.802. The van der Waals surface area contributed by atoms with Crippen LogP contribution < -0.4 is 0 Å². The molecule has 0 saturated heterocycles. The Labute approximate surface area is 106 Å². The highest BCUT2D eigenvalue weighted by atomic mass is 79.9. The summed E-state index contributed by atoms with van der Waals surface area (Å²) in [6.07, 6.45) is 0. The lowest BCUT2D eigenvalue weighted by atomic mass is 10.1. The van der Waals surface area contributed by atoms with E-state index in [1.54, 1.807) is 6.07 Å². The summed E-state index contributed by atoms with van der Waals surface area (Å²) in [5.74, 6) is -0.130. The Balaban J connectivity index is 2.89. The van der Waals surface area contributed by atoms with Crippen LogP contribution in [0.4, 0.5) is 4.39 Å². The van der Waals surface area contributed by atoms with Gasteiger partial charge in [0, 0.05) is 28.7 Å². The van der Waals surface area contributed by atoms with Crippen molar-refractivity contribution >= 4 is 15.9 Å². The van der Waals surface area contributed by atoms with E-state index in [9.17, 15) is 4.39 Å². The van der Waals surface area contributed by atoms with Crippen molar-refractivity contribution in [2.75, 3.05) is 0 Å². The zero-order valence-corrected chi connectivity index (χ0v) is 11.9. The van der Waals surface area contributed by atoms with Gasteiger partial charge in [0.15, 0.2) is 0 Å². The number of nitrogens with zero attached hydrogens (tertiary/aromatic N) is 1. The second-order valence-corrected chi connectivity index (χ2v) is 5.51. The molecular formula is C13H19BrFN. The number of halogens is 2. The molecule has 0 amide bonds. The van der Waals surface area contributed by atoms with Crippen molar-refractivity contribution in [1.29, 1.82) is 0 Å². The van der Waals surface area contributed by atoms with Crippen LogP contribution in [-0.2, 0) is 6.54 Å². The Morgan fingerprint density at radius 1 is 1.19 bits per heavy atom. The van der Waals surface area contributed by atoms with E-state index in [2.05, 4.69) is 48.5 Å². The summed E-state index contributed by atoms with van der Waals surface area (Å²) in [6.45, 7) is 9.19. The minimum Gasteiger partial charge on any atom is -0.294 e. The second-order valence-electron chi connectivity index (χ2n) is 4.60. The van der Waals surface area contributed by atoms with Crippen molar-refractivity contribution in [1.82, 2.24) is 4.90 Å². The molecule has 3 heteroatoms. The predicted octanol–water partition coefficient (Wildman–Crippen LogP) is 4.21. The first kappa shape index (κ1) is 13.7. The highest BCUT2D eigenvalue weighted by Crippen LogP contribution is 2.19. The van der Waals surface area contributed by atoms with Crippen molar-refractivity contribution in [2.45, 2.75) is 46.3 Å². The molecule has 0 atom stereocenters. The topological polar surface area (TPSA) is 3.24 Å². The van der Waals surface area contributed by atoms with Gasteiger partial charge in [-0.15, -0.1) is 0 Å². The van der Waals surface area contributed by atoms with Gasteiger partial charge in [0.25, 0.3) is 0 Å². The molecular weight excluding hydrogens is 269 g/mol. The summed E-state index contributed by atoms with van der Waals surface area (Å²) in [4.78, 5) is 2.27. The lowest BCUT2D eigenvalue weighted by molar-refractivity contribution is 0.164. The zero-order chi connectivity index (χ0) is 12.3. The summed E-state index contributed by atoms with van der Waals surface area (Å²) in [7, 11) is 0. The van der Waals surface area contributed by atoms with E-state index in [1.165, 1.54) is 6.07 Å². The van der Waals surface area contributed by atoms with E-state index in [0.717, 1.165) is 10.0 Å². The Morgan fingerprint density at radius 3 is 2.25 bits per heavy atom. The van der Waals surface area contributed by atoms with Crippen molar-refractivity contribution in [3.63, 3.8) is 0 Å². The zero-order valence-electron chi connectivity index (χ0n) is 10.3. The molecule has 0 fully saturated rings. The van der Waals surface area contributed by atoms with Gasteiger partial charge in [-0.3, -0.25) is 4.90 Å². The highest BCUT2D eigenvalue weighted by Gasteiger charge is 2.15. The maximum Gasteiger partial charge on any atom is 0.127 e. The molecule has 1 aromatic carbocycles. The van der Waals surface area contributed by atoms with Gasteiger partial charge in [-0.1, -0.05) is 15.9 Å². The first-order chi connectivity index (χ1) is 7.41. The van der Waals surface area contributed by atoms with Gasteiger partial charge >= 0.3 is 0 Å². The third-order valence-electron chi connectivity index (χ3n) is 2.69. The van der Waals surface area contributed by atoms with Crippen LogP contribution in [0.3, 0.4) is 0 Å². The molecule has 0 radical (unpaired) electrons. The van der Waals surface area contributed by atoms with E-state index < -0.39 is 0 Å². The molecule has 1 nitrogen and oxygen atoms in total. The lowest BCUT2D eigenvalue weighted by Gasteiger charge is -2.30. The molecule has 0 unspecified atom stereocenters. The third-order valence-corrected chi connectivity index (χ3v) is 3.18. The van der Waals surface area contributed by atoms with Gasteiger partial charge in [-0.2, -0.15) is 0 Å². The van der Waals surface area contributed by atoms with E-state index in [1.807, 2.05) is 6.07 Å². The molecule has 0 bridgehead atoms. The van der Waals surface area contributed by atoms with Crippen LogP contribution in [0, 0.1) is 5.82 Å². The summed E-state index contributed by atoms with van der Waals surface area (Å²) in [5, 5.41) is 0. The maximum atomic E-state index is 13.6. The van der Waals surface area contributed by atoms with Crippen LogP contribution in [0.15, 0.2) is 22.7 Å². The summed E-state index contributed by atoms with van der Waals surface area (Å²) >= 11 is 3.38. The molecule has 0 N–H and O–H groups in total. The van der Waals surface area contributed by atoms with Crippen molar-refractivity contribution in [2.24, 2.45) is 0 Å². The Kier molecular flexibility index (Phi) is 4.93.